The number of amides is 3. The number of hydrazine groups is 1. The second kappa shape index (κ2) is 5.95. The second-order valence-electron chi connectivity index (χ2n) is 5.12. The van der Waals surface area contributed by atoms with E-state index in [2.05, 4.69) is 15.9 Å². The minimum atomic E-state index is -0.405. The summed E-state index contributed by atoms with van der Waals surface area (Å²) in [4.78, 5) is 36.8. The highest BCUT2D eigenvalue weighted by Gasteiger charge is 2.42. The standard InChI is InChI=1S/C14H16BrN3O3/c1-7-8(2)14(21)18(13(7)20)6-10-4-3-9(5-11(10)15)12(19)17-16/h3-5,7-8H,6,16H2,1-2H3,(H,17,19). The van der Waals surface area contributed by atoms with Crippen LogP contribution in [0.4, 0.5) is 0 Å². The van der Waals surface area contributed by atoms with Crippen molar-refractivity contribution in [3.8, 4) is 0 Å². The molecule has 1 fully saturated rings. The average molecular weight is 354 g/mol. The predicted octanol–water partition coefficient (Wildman–Crippen LogP) is 1.19. The molecule has 1 aromatic carbocycles. The number of nitrogens with zero attached hydrogens (tertiary/aromatic N) is 1. The van der Waals surface area contributed by atoms with Crippen LogP contribution in [-0.2, 0) is 16.1 Å². The Morgan fingerprint density at radius 2 is 1.86 bits per heavy atom. The van der Waals surface area contributed by atoms with Gasteiger partial charge in [-0.2, -0.15) is 0 Å². The number of hydrogen-bond acceptors (Lipinski definition) is 4. The van der Waals surface area contributed by atoms with Crippen molar-refractivity contribution in [1.29, 1.82) is 0 Å². The number of carbonyl (C=O) groups is 3. The van der Waals surface area contributed by atoms with Gasteiger partial charge in [0.2, 0.25) is 11.8 Å². The molecule has 112 valence electrons. The topological polar surface area (TPSA) is 92.5 Å². The number of hydrogen-bond donors (Lipinski definition) is 2. The Labute approximate surface area is 130 Å². The van der Waals surface area contributed by atoms with Gasteiger partial charge < -0.3 is 0 Å². The van der Waals surface area contributed by atoms with Gasteiger partial charge in [0.05, 0.1) is 6.54 Å². The molecule has 6 nitrogen and oxygen atoms in total. The van der Waals surface area contributed by atoms with Crippen LogP contribution in [0.2, 0.25) is 0 Å². The van der Waals surface area contributed by atoms with Crippen LogP contribution >= 0.6 is 15.9 Å². The average Bonchev–Trinajstić information content (AvgIpc) is 2.66. The van der Waals surface area contributed by atoms with E-state index < -0.39 is 5.91 Å². The third-order valence-electron chi connectivity index (χ3n) is 3.84. The molecule has 0 aromatic heterocycles. The Morgan fingerprint density at radius 3 is 2.33 bits per heavy atom. The van der Waals surface area contributed by atoms with Crippen LogP contribution in [0.25, 0.3) is 0 Å². The van der Waals surface area contributed by atoms with Gasteiger partial charge in [-0.15, -0.1) is 0 Å². The molecule has 3 N–H and O–H groups in total. The first kappa shape index (κ1) is 15.7. The van der Waals surface area contributed by atoms with Crippen molar-refractivity contribution >= 4 is 33.7 Å². The van der Waals surface area contributed by atoms with E-state index in [0.29, 0.717) is 10.0 Å². The molecular weight excluding hydrogens is 338 g/mol. The zero-order valence-electron chi connectivity index (χ0n) is 11.7. The van der Waals surface area contributed by atoms with E-state index in [0.717, 1.165) is 5.56 Å². The summed E-state index contributed by atoms with van der Waals surface area (Å²) >= 11 is 3.35. The van der Waals surface area contributed by atoms with Crippen LogP contribution in [-0.4, -0.2) is 22.6 Å². The number of benzene rings is 1. The number of nitrogens with two attached hydrogens (primary N) is 1. The first-order valence-corrected chi connectivity index (χ1v) is 7.30. The molecule has 1 aromatic rings. The smallest absolute Gasteiger partial charge is 0.265 e. The molecule has 3 amide bonds. The summed E-state index contributed by atoms with van der Waals surface area (Å²) < 4.78 is 0.649. The number of halogens is 1. The third kappa shape index (κ3) is 2.84. The summed E-state index contributed by atoms with van der Waals surface area (Å²) in [5.74, 6) is 3.76. The highest BCUT2D eigenvalue weighted by Crippen LogP contribution is 2.29. The molecule has 7 heteroatoms. The summed E-state index contributed by atoms with van der Waals surface area (Å²) in [6.45, 7) is 3.71. The normalized spacial score (nSPS) is 21.8. The summed E-state index contributed by atoms with van der Waals surface area (Å²) in [5.41, 5.74) is 3.20. The lowest BCUT2D eigenvalue weighted by Gasteiger charge is -2.16. The van der Waals surface area contributed by atoms with Gasteiger partial charge in [-0.1, -0.05) is 35.8 Å². The van der Waals surface area contributed by atoms with Crippen molar-refractivity contribution in [3.63, 3.8) is 0 Å². The monoisotopic (exact) mass is 353 g/mol. The van der Waals surface area contributed by atoms with Crippen molar-refractivity contribution in [3.05, 3.63) is 33.8 Å². The molecule has 0 radical (unpaired) electrons. The zero-order valence-corrected chi connectivity index (χ0v) is 13.3. The SMILES string of the molecule is CC1C(=O)N(Cc2ccc(C(=O)NN)cc2Br)C(=O)C1C. The van der Waals surface area contributed by atoms with Crippen LogP contribution in [0.15, 0.2) is 22.7 Å². The summed E-state index contributed by atoms with van der Waals surface area (Å²) in [7, 11) is 0. The zero-order chi connectivity index (χ0) is 15.7. The lowest BCUT2D eigenvalue weighted by atomic mass is 10.00. The molecular formula is C14H16BrN3O3. The Morgan fingerprint density at radius 1 is 1.29 bits per heavy atom. The van der Waals surface area contributed by atoms with Gasteiger partial charge in [-0.3, -0.25) is 24.7 Å². The van der Waals surface area contributed by atoms with Crippen molar-refractivity contribution in [2.75, 3.05) is 0 Å². The van der Waals surface area contributed by atoms with Crippen LogP contribution in [0.1, 0.15) is 29.8 Å². The number of nitrogens with one attached hydrogen (secondary N) is 1. The number of imide groups is 1. The van der Waals surface area contributed by atoms with Crippen molar-refractivity contribution in [2.45, 2.75) is 20.4 Å². The second-order valence-corrected chi connectivity index (χ2v) is 5.97. The molecule has 0 saturated carbocycles. The van der Waals surface area contributed by atoms with Crippen LogP contribution in [0.5, 0.6) is 0 Å². The molecule has 2 atom stereocenters. The van der Waals surface area contributed by atoms with E-state index in [4.69, 9.17) is 5.84 Å². The maximum absolute atomic E-state index is 12.1. The Hall–Kier alpha value is -1.73. The Balaban J connectivity index is 2.23. The number of carbonyl (C=O) groups excluding carboxylic acids is 3. The van der Waals surface area contributed by atoms with E-state index in [1.165, 1.54) is 4.90 Å². The lowest BCUT2D eigenvalue weighted by molar-refractivity contribution is -0.140. The summed E-state index contributed by atoms with van der Waals surface area (Å²) in [6.07, 6.45) is 0. The Bertz CT molecular complexity index is 597. The maximum Gasteiger partial charge on any atom is 0.265 e. The van der Waals surface area contributed by atoms with Gasteiger partial charge >= 0.3 is 0 Å². The van der Waals surface area contributed by atoms with E-state index in [9.17, 15) is 14.4 Å². The van der Waals surface area contributed by atoms with Crippen molar-refractivity contribution in [1.82, 2.24) is 10.3 Å². The molecule has 0 bridgehead atoms. The van der Waals surface area contributed by atoms with E-state index >= 15 is 0 Å². The first-order valence-electron chi connectivity index (χ1n) is 6.51. The highest BCUT2D eigenvalue weighted by molar-refractivity contribution is 9.10. The summed E-state index contributed by atoms with van der Waals surface area (Å²) in [5, 5.41) is 0. The first-order chi connectivity index (χ1) is 9.86. The fourth-order valence-corrected chi connectivity index (χ4v) is 2.76. The van der Waals surface area contributed by atoms with Gasteiger partial charge in [0, 0.05) is 21.9 Å². The van der Waals surface area contributed by atoms with Gasteiger partial charge in [-0.25, -0.2) is 5.84 Å². The molecule has 1 aliphatic heterocycles. The van der Waals surface area contributed by atoms with Crippen LogP contribution < -0.4 is 11.3 Å². The van der Waals surface area contributed by atoms with Crippen molar-refractivity contribution in [2.24, 2.45) is 17.7 Å². The van der Waals surface area contributed by atoms with Crippen LogP contribution in [0, 0.1) is 11.8 Å². The van der Waals surface area contributed by atoms with Gasteiger partial charge in [0.1, 0.15) is 0 Å². The number of rotatable bonds is 3. The van der Waals surface area contributed by atoms with Crippen molar-refractivity contribution < 1.29 is 14.4 Å². The third-order valence-corrected chi connectivity index (χ3v) is 4.57. The fourth-order valence-electron chi connectivity index (χ4n) is 2.25. The van der Waals surface area contributed by atoms with Gasteiger partial charge in [0.15, 0.2) is 0 Å². The molecule has 1 aliphatic rings. The highest BCUT2D eigenvalue weighted by atomic mass is 79.9. The van der Waals surface area contributed by atoms with Gasteiger partial charge in [-0.05, 0) is 17.7 Å². The maximum atomic E-state index is 12.1. The molecule has 0 aliphatic carbocycles. The minimum absolute atomic E-state index is 0.164. The Kier molecular flexibility index (Phi) is 4.43. The van der Waals surface area contributed by atoms with E-state index in [1.54, 1.807) is 32.0 Å². The summed E-state index contributed by atoms with van der Waals surface area (Å²) in [6, 6.07) is 4.90. The molecule has 2 rings (SSSR count). The van der Waals surface area contributed by atoms with E-state index in [-0.39, 0.29) is 30.2 Å². The van der Waals surface area contributed by atoms with Crippen LogP contribution in [0.3, 0.4) is 0 Å². The quantitative estimate of drug-likeness (QED) is 0.369. The van der Waals surface area contributed by atoms with E-state index in [1.807, 2.05) is 5.43 Å². The molecule has 0 spiro atoms. The lowest BCUT2D eigenvalue weighted by Crippen LogP contribution is -2.31. The minimum Gasteiger partial charge on any atom is -0.290 e. The van der Waals surface area contributed by atoms with Gasteiger partial charge in [0.25, 0.3) is 5.91 Å². The molecule has 1 saturated heterocycles. The largest absolute Gasteiger partial charge is 0.290 e. The molecule has 1 heterocycles. The number of nitrogen functional groups attached to an aromatic ring is 1. The number of likely N-dealkylation sites (tertiary alicyclic amines) is 1. The predicted molar refractivity (Wildman–Crippen MR) is 79.7 cm³/mol. The molecule has 2 unspecified atom stereocenters. The fraction of sp³-hybridized carbons (Fsp3) is 0.357. The molecule has 21 heavy (non-hydrogen) atoms.